The molecule has 1 atom stereocenters. The van der Waals surface area contributed by atoms with Crippen molar-refractivity contribution in [1.82, 2.24) is 5.32 Å². The molecule has 2 aliphatic heterocycles. The second kappa shape index (κ2) is 6.48. The summed E-state index contributed by atoms with van der Waals surface area (Å²) >= 11 is 0. The van der Waals surface area contributed by atoms with Crippen molar-refractivity contribution in [3.63, 3.8) is 0 Å². The topological polar surface area (TPSA) is 47.6 Å². The maximum absolute atomic E-state index is 12.3. The molecule has 2 heterocycles. The lowest BCUT2D eigenvalue weighted by Gasteiger charge is -2.25. The van der Waals surface area contributed by atoms with E-state index in [1.54, 1.807) is 0 Å². The van der Waals surface area contributed by atoms with Crippen LogP contribution < -0.4 is 10.1 Å². The number of benzene rings is 1. The molecule has 0 aliphatic carbocycles. The number of rotatable bonds is 3. The predicted molar refractivity (Wildman–Crippen MR) is 80.7 cm³/mol. The molecule has 0 bridgehead atoms. The van der Waals surface area contributed by atoms with Gasteiger partial charge in [0, 0.05) is 0 Å². The van der Waals surface area contributed by atoms with Crippen LogP contribution in [0.1, 0.15) is 43.2 Å². The zero-order valence-corrected chi connectivity index (χ0v) is 12.6. The fraction of sp³-hybridized carbons (Fsp3) is 0.588. The SMILES string of the molecule is CC(C(=O)OC1CCNCC1)c1ccc2c(c1)OCCC2. The first kappa shape index (κ1) is 14.4. The van der Waals surface area contributed by atoms with Crippen LogP contribution in [0.3, 0.4) is 0 Å². The third kappa shape index (κ3) is 3.38. The first-order valence-corrected chi connectivity index (χ1v) is 7.91. The highest BCUT2D eigenvalue weighted by Crippen LogP contribution is 2.29. The third-order valence-electron chi connectivity index (χ3n) is 4.36. The van der Waals surface area contributed by atoms with E-state index in [9.17, 15) is 4.79 Å². The minimum Gasteiger partial charge on any atom is -0.493 e. The summed E-state index contributed by atoms with van der Waals surface area (Å²) in [4.78, 5) is 12.3. The van der Waals surface area contributed by atoms with Crippen LogP contribution in [0.25, 0.3) is 0 Å². The third-order valence-corrected chi connectivity index (χ3v) is 4.36. The van der Waals surface area contributed by atoms with Crippen molar-refractivity contribution in [2.45, 2.75) is 44.6 Å². The van der Waals surface area contributed by atoms with E-state index in [0.29, 0.717) is 0 Å². The minimum absolute atomic E-state index is 0.0649. The summed E-state index contributed by atoms with van der Waals surface area (Å²) in [5.74, 6) is 0.564. The van der Waals surface area contributed by atoms with E-state index in [1.807, 2.05) is 19.1 Å². The fourth-order valence-electron chi connectivity index (χ4n) is 2.94. The van der Waals surface area contributed by atoms with Gasteiger partial charge < -0.3 is 14.8 Å². The summed E-state index contributed by atoms with van der Waals surface area (Å²) in [5.41, 5.74) is 2.22. The average molecular weight is 289 g/mol. The van der Waals surface area contributed by atoms with Crippen LogP contribution in [0.15, 0.2) is 18.2 Å². The molecular weight excluding hydrogens is 266 g/mol. The number of ether oxygens (including phenoxy) is 2. The Hall–Kier alpha value is -1.55. The molecule has 0 radical (unpaired) electrons. The van der Waals surface area contributed by atoms with Crippen molar-refractivity contribution in [3.05, 3.63) is 29.3 Å². The summed E-state index contributed by atoms with van der Waals surface area (Å²) in [6.45, 7) is 4.54. The Labute approximate surface area is 125 Å². The lowest BCUT2D eigenvalue weighted by Crippen LogP contribution is -2.34. The Morgan fingerprint density at radius 2 is 2.19 bits per heavy atom. The van der Waals surface area contributed by atoms with Crippen molar-refractivity contribution < 1.29 is 14.3 Å². The quantitative estimate of drug-likeness (QED) is 0.868. The largest absolute Gasteiger partial charge is 0.493 e. The lowest BCUT2D eigenvalue weighted by molar-refractivity contribution is -0.151. The lowest BCUT2D eigenvalue weighted by atomic mass is 9.97. The maximum atomic E-state index is 12.3. The molecule has 1 saturated heterocycles. The number of hydrogen-bond donors (Lipinski definition) is 1. The molecule has 1 fully saturated rings. The number of carbonyl (C=O) groups excluding carboxylic acids is 1. The number of piperidine rings is 1. The standard InChI is InChI=1S/C17H23NO3/c1-12(17(19)21-15-6-8-18-9-7-15)14-5-4-13-3-2-10-20-16(13)11-14/h4-5,11-12,15,18H,2-3,6-10H2,1H3. The number of hydrogen-bond acceptors (Lipinski definition) is 4. The Balaban J connectivity index is 1.66. The van der Waals surface area contributed by atoms with Crippen LogP contribution in [0, 0.1) is 0 Å². The van der Waals surface area contributed by atoms with Crippen LogP contribution >= 0.6 is 0 Å². The van der Waals surface area contributed by atoms with Crippen LogP contribution in [0.5, 0.6) is 5.75 Å². The van der Waals surface area contributed by atoms with Gasteiger partial charge in [-0.2, -0.15) is 0 Å². The first-order valence-electron chi connectivity index (χ1n) is 7.91. The fourth-order valence-corrected chi connectivity index (χ4v) is 2.94. The normalized spacial score (nSPS) is 20.2. The molecule has 0 saturated carbocycles. The predicted octanol–water partition coefficient (Wildman–Crippen LogP) is 2.41. The second-order valence-electron chi connectivity index (χ2n) is 5.93. The van der Waals surface area contributed by atoms with Gasteiger partial charge in [-0.1, -0.05) is 12.1 Å². The Bertz CT molecular complexity index is 509. The van der Waals surface area contributed by atoms with Gasteiger partial charge in [-0.25, -0.2) is 0 Å². The van der Waals surface area contributed by atoms with E-state index in [4.69, 9.17) is 9.47 Å². The number of esters is 1. The van der Waals surface area contributed by atoms with E-state index in [1.165, 1.54) is 5.56 Å². The molecule has 1 N–H and O–H groups in total. The van der Waals surface area contributed by atoms with Gasteiger partial charge in [0.05, 0.1) is 12.5 Å². The highest BCUT2D eigenvalue weighted by atomic mass is 16.5. The molecular formula is C17H23NO3. The molecule has 1 unspecified atom stereocenters. The molecule has 4 nitrogen and oxygen atoms in total. The van der Waals surface area contributed by atoms with E-state index >= 15 is 0 Å². The molecule has 0 amide bonds. The smallest absolute Gasteiger partial charge is 0.313 e. The Morgan fingerprint density at radius 1 is 1.38 bits per heavy atom. The Kier molecular flexibility index (Phi) is 4.44. The zero-order chi connectivity index (χ0) is 14.7. The molecule has 4 heteroatoms. The molecule has 0 spiro atoms. The van der Waals surface area contributed by atoms with Crippen molar-refractivity contribution in [2.75, 3.05) is 19.7 Å². The number of carbonyl (C=O) groups is 1. The number of nitrogens with one attached hydrogen (secondary N) is 1. The molecule has 2 aliphatic rings. The summed E-state index contributed by atoms with van der Waals surface area (Å²) in [7, 11) is 0. The first-order chi connectivity index (χ1) is 10.2. The van der Waals surface area contributed by atoms with Crippen LogP contribution in [-0.4, -0.2) is 31.8 Å². The highest BCUT2D eigenvalue weighted by Gasteiger charge is 2.23. The number of fused-ring (bicyclic) bond motifs is 1. The average Bonchev–Trinajstić information content (AvgIpc) is 2.54. The van der Waals surface area contributed by atoms with Gasteiger partial charge >= 0.3 is 5.97 Å². The maximum Gasteiger partial charge on any atom is 0.313 e. The minimum atomic E-state index is -0.240. The van der Waals surface area contributed by atoms with Gasteiger partial charge in [0.2, 0.25) is 0 Å². The highest BCUT2D eigenvalue weighted by molar-refractivity contribution is 5.78. The van der Waals surface area contributed by atoms with Gasteiger partial charge in [-0.3, -0.25) is 4.79 Å². The zero-order valence-electron chi connectivity index (χ0n) is 12.6. The second-order valence-corrected chi connectivity index (χ2v) is 5.93. The van der Waals surface area contributed by atoms with E-state index in [-0.39, 0.29) is 18.0 Å². The molecule has 0 aromatic heterocycles. The summed E-state index contributed by atoms with van der Waals surface area (Å²) < 4.78 is 11.3. The van der Waals surface area contributed by atoms with Gasteiger partial charge in [0.15, 0.2) is 0 Å². The molecule has 21 heavy (non-hydrogen) atoms. The van der Waals surface area contributed by atoms with Gasteiger partial charge in [0.25, 0.3) is 0 Å². The van der Waals surface area contributed by atoms with Gasteiger partial charge in [-0.05, 0) is 62.9 Å². The summed E-state index contributed by atoms with van der Waals surface area (Å²) in [5, 5.41) is 3.28. The van der Waals surface area contributed by atoms with E-state index in [0.717, 1.165) is 56.7 Å². The molecule has 1 aromatic carbocycles. The van der Waals surface area contributed by atoms with Crippen molar-refractivity contribution in [1.29, 1.82) is 0 Å². The summed E-state index contributed by atoms with van der Waals surface area (Å²) in [6.07, 6.45) is 4.01. The molecule has 3 rings (SSSR count). The van der Waals surface area contributed by atoms with E-state index in [2.05, 4.69) is 11.4 Å². The van der Waals surface area contributed by atoms with E-state index < -0.39 is 0 Å². The monoisotopic (exact) mass is 289 g/mol. The van der Waals surface area contributed by atoms with Crippen molar-refractivity contribution >= 4 is 5.97 Å². The summed E-state index contributed by atoms with van der Waals surface area (Å²) in [6, 6.07) is 6.11. The Morgan fingerprint density at radius 3 is 3.00 bits per heavy atom. The van der Waals surface area contributed by atoms with Gasteiger partial charge in [-0.15, -0.1) is 0 Å². The van der Waals surface area contributed by atoms with Crippen molar-refractivity contribution in [3.8, 4) is 5.75 Å². The van der Waals surface area contributed by atoms with Crippen LogP contribution in [-0.2, 0) is 16.0 Å². The number of aryl methyl sites for hydroxylation is 1. The molecule has 114 valence electrons. The van der Waals surface area contributed by atoms with Crippen molar-refractivity contribution in [2.24, 2.45) is 0 Å². The van der Waals surface area contributed by atoms with Gasteiger partial charge in [0.1, 0.15) is 11.9 Å². The van der Waals surface area contributed by atoms with Crippen LogP contribution in [0.4, 0.5) is 0 Å². The van der Waals surface area contributed by atoms with Crippen LogP contribution in [0.2, 0.25) is 0 Å². The molecule has 1 aromatic rings.